The minimum Gasteiger partial charge on any atom is -0.483 e. The zero-order valence-electron chi connectivity index (χ0n) is 18.8. The quantitative estimate of drug-likeness (QED) is 0.390. The van der Waals surface area contributed by atoms with E-state index in [1.165, 1.54) is 0 Å². The van der Waals surface area contributed by atoms with E-state index in [-0.39, 0.29) is 23.5 Å². The number of nitrogens with one attached hydrogen (secondary N) is 1. The summed E-state index contributed by atoms with van der Waals surface area (Å²) in [5, 5.41) is 2.36. The summed E-state index contributed by atoms with van der Waals surface area (Å²) < 4.78 is 83.0. The number of hydrogen-bond donors (Lipinski definition) is 1. The summed E-state index contributed by atoms with van der Waals surface area (Å²) in [6.07, 6.45) is -7.77. The number of pyridine rings is 1. The molecule has 4 rings (SSSR count). The maximum atomic E-state index is 13.5. The Morgan fingerprint density at radius 3 is 2.44 bits per heavy atom. The molecule has 188 valence electrons. The van der Waals surface area contributed by atoms with Crippen LogP contribution in [0.4, 0.5) is 37.7 Å². The number of aliphatic imine (C=N–C) groups is 1. The summed E-state index contributed by atoms with van der Waals surface area (Å²) >= 11 is 0. The van der Waals surface area contributed by atoms with E-state index in [0.29, 0.717) is 18.1 Å². The van der Waals surface area contributed by atoms with Crippen LogP contribution in [0.1, 0.15) is 30.2 Å². The second-order valence-corrected chi connectivity index (χ2v) is 7.98. The lowest BCUT2D eigenvalue weighted by atomic mass is 9.98. The number of carbonyl (C=O) groups excluding carboxylic acids is 1. The predicted octanol–water partition coefficient (Wildman–Crippen LogP) is 6.73. The number of rotatable bonds is 5. The molecule has 5 nitrogen and oxygen atoms in total. The van der Waals surface area contributed by atoms with Crippen molar-refractivity contribution in [3.63, 3.8) is 0 Å². The van der Waals surface area contributed by atoms with Gasteiger partial charge in [0.05, 0.1) is 29.1 Å². The van der Waals surface area contributed by atoms with Crippen molar-refractivity contribution >= 4 is 23.0 Å². The molecule has 3 aromatic rings. The summed E-state index contributed by atoms with van der Waals surface area (Å²) in [5.41, 5.74) is 1.41. The Bertz CT molecular complexity index is 1330. The average molecular weight is 507 g/mol. The van der Waals surface area contributed by atoms with E-state index < -0.39 is 36.2 Å². The van der Waals surface area contributed by atoms with Crippen molar-refractivity contribution in [2.24, 2.45) is 4.99 Å². The first-order chi connectivity index (χ1) is 16.9. The van der Waals surface area contributed by atoms with E-state index in [9.17, 15) is 31.1 Å². The number of amides is 1. The topological polar surface area (TPSA) is 63.6 Å². The van der Waals surface area contributed by atoms with Gasteiger partial charge in [0, 0.05) is 23.5 Å². The zero-order chi connectivity index (χ0) is 26.1. The van der Waals surface area contributed by atoms with Gasteiger partial charge in [-0.05, 0) is 35.7 Å². The second kappa shape index (κ2) is 9.63. The lowest BCUT2D eigenvalue weighted by Gasteiger charge is -2.17. The maximum absolute atomic E-state index is 13.5. The lowest BCUT2D eigenvalue weighted by Crippen LogP contribution is -2.21. The van der Waals surface area contributed by atoms with Gasteiger partial charge >= 0.3 is 12.4 Å². The van der Waals surface area contributed by atoms with Crippen molar-refractivity contribution in [2.75, 3.05) is 11.9 Å². The molecule has 1 N–H and O–H groups in total. The number of ether oxygens (including phenoxy) is 1. The van der Waals surface area contributed by atoms with Gasteiger partial charge < -0.3 is 10.1 Å². The van der Waals surface area contributed by atoms with Crippen molar-refractivity contribution in [2.45, 2.75) is 32.1 Å². The summed E-state index contributed by atoms with van der Waals surface area (Å²) in [7, 11) is 0. The van der Waals surface area contributed by atoms with Crippen molar-refractivity contribution in [1.82, 2.24) is 4.98 Å². The van der Waals surface area contributed by atoms with Gasteiger partial charge in [-0.3, -0.25) is 9.78 Å². The van der Waals surface area contributed by atoms with E-state index in [1.54, 1.807) is 30.5 Å². The van der Waals surface area contributed by atoms with Gasteiger partial charge in [-0.15, -0.1) is 0 Å². The molecule has 1 aliphatic rings. The molecule has 0 radical (unpaired) electrons. The van der Waals surface area contributed by atoms with Crippen molar-refractivity contribution < 1.29 is 35.9 Å². The normalized spacial score (nSPS) is 14.0. The fourth-order valence-corrected chi connectivity index (χ4v) is 3.81. The standard InChI is InChI=1S/C25H19F6N3O2/c1-2-18-16(7-4-8-32-18)14-5-3-6-15(9-14)19-12-23(35)34-20-10-17(25(29,30)31)22(11-21(20)33-19)36-13-24(26,27)28/h3-11H,2,12-13H2,1H3,(H,34,35). The van der Waals surface area contributed by atoms with Crippen molar-refractivity contribution in [3.05, 3.63) is 71.5 Å². The maximum Gasteiger partial charge on any atom is 0.422 e. The number of anilines is 1. The first-order valence-electron chi connectivity index (χ1n) is 10.8. The van der Waals surface area contributed by atoms with Crippen LogP contribution in [0.2, 0.25) is 0 Å². The third-order valence-electron chi connectivity index (χ3n) is 5.38. The molecular weight excluding hydrogens is 488 g/mol. The van der Waals surface area contributed by atoms with Crippen molar-refractivity contribution in [3.8, 4) is 16.9 Å². The summed E-state index contributed by atoms with van der Waals surface area (Å²) in [6.45, 7) is 0.0463. The molecule has 0 unspecified atom stereocenters. The first-order valence-corrected chi connectivity index (χ1v) is 10.8. The average Bonchev–Trinajstić information content (AvgIpc) is 2.98. The lowest BCUT2D eigenvalue weighted by molar-refractivity contribution is -0.158. The summed E-state index contributed by atoms with van der Waals surface area (Å²) in [6, 6.07) is 12.0. The predicted molar refractivity (Wildman–Crippen MR) is 121 cm³/mol. The van der Waals surface area contributed by atoms with Gasteiger partial charge in [0.15, 0.2) is 6.61 Å². The van der Waals surface area contributed by atoms with Crippen LogP contribution in [-0.2, 0) is 17.4 Å². The Hall–Kier alpha value is -3.89. The smallest absolute Gasteiger partial charge is 0.422 e. The van der Waals surface area contributed by atoms with E-state index in [0.717, 1.165) is 22.9 Å². The van der Waals surface area contributed by atoms with Gasteiger partial charge in [0.25, 0.3) is 0 Å². The summed E-state index contributed by atoms with van der Waals surface area (Å²) in [5.74, 6) is -1.65. The molecule has 2 heterocycles. The van der Waals surface area contributed by atoms with Gasteiger partial charge in [0.2, 0.25) is 5.91 Å². The second-order valence-electron chi connectivity index (χ2n) is 7.98. The fourth-order valence-electron chi connectivity index (χ4n) is 3.81. The van der Waals surface area contributed by atoms with Crippen LogP contribution in [0, 0.1) is 0 Å². The van der Waals surface area contributed by atoms with Crippen LogP contribution in [0.15, 0.2) is 59.7 Å². The van der Waals surface area contributed by atoms with Crippen LogP contribution in [0.3, 0.4) is 0 Å². The molecule has 36 heavy (non-hydrogen) atoms. The number of nitrogens with zero attached hydrogens (tertiary/aromatic N) is 2. The molecule has 2 aromatic carbocycles. The van der Waals surface area contributed by atoms with Gasteiger partial charge in [-0.1, -0.05) is 31.2 Å². The Labute approximate surface area is 201 Å². The zero-order valence-corrected chi connectivity index (χ0v) is 18.8. The highest BCUT2D eigenvalue weighted by Crippen LogP contribution is 2.43. The molecule has 0 saturated heterocycles. The molecule has 0 fully saturated rings. The number of fused-ring (bicyclic) bond motifs is 1. The van der Waals surface area contributed by atoms with E-state index >= 15 is 0 Å². The number of carbonyl (C=O) groups is 1. The molecule has 0 saturated carbocycles. The molecule has 0 bridgehead atoms. The minimum atomic E-state index is -5.02. The number of halogens is 6. The molecule has 0 spiro atoms. The van der Waals surface area contributed by atoms with Crippen LogP contribution >= 0.6 is 0 Å². The number of aryl methyl sites for hydroxylation is 1. The van der Waals surface area contributed by atoms with Gasteiger partial charge in [0.1, 0.15) is 5.75 Å². The van der Waals surface area contributed by atoms with Gasteiger partial charge in [-0.25, -0.2) is 4.99 Å². The Balaban J connectivity index is 1.80. The highest BCUT2D eigenvalue weighted by molar-refractivity contribution is 6.17. The number of alkyl halides is 6. The van der Waals surface area contributed by atoms with Crippen LogP contribution in [0.25, 0.3) is 11.1 Å². The van der Waals surface area contributed by atoms with Crippen molar-refractivity contribution in [1.29, 1.82) is 0 Å². The Morgan fingerprint density at radius 1 is 1.00 bits per heavy atom. The number of hydrogen-bond acceptors (Lipinski definition) is 4. The Kier molecular flexibility index (Phi) is 6.75. The fraction of sp³-hybridized carbons (Fsp3) is 0.240. The van der Waals surface area contributed by atoms with Crippen LogP contribution in [0.5, 0.6) is 5.75 Å². The summed E-state index contributed by atoms with van der Waals surface area (Å²) in [4.78, 5) is 21.2. The molecule has 1 amide bonds. The highest BCUT2D eigenvalue weighted by Gasteiger charge is 2.38. The largest absolute Gasteiger partial charge is 0.483 e. The van der Waals surface area contributed by atoms with Gasteiger partial charge in [-0.2, -0.15) is 26.3 Å². The molecule has 11 heteroatoms. The van der Waals surface area contributed by atoms with E-state index in [4.69, 9.17) is 0 Å². The molecule has 1 aliphatic heterocycles. The molecule has 0 atom stereocenters. The molecule has 1 aromatic heterocycles. The number of benzene rings is 2. The SMILES string of the molecule is CCc1ncccc1-c1cccc(C2=Nc3cc(OCC(F)(F)F)c(C(F)(F)F)cc3NC(=O)C2)c1. The monoisotopic (exact) mass is 507 g/mol. The van der Waals surface area contributed by atoms with Crippen LogP contribution in [-0.4, -0.2) is 29.4 Å². The van der Waals surface area contributed by atoms with Crippen LogP contribution < -0.4 is 10.1 Å². The third-order valence-corrected chi connectivity index (χ3v) is 5.38. The van der Waals surface area contributed by atoms with E-state index in [1.807, 2.05) is 19.1 Å². The number of aromatic nitrogens is 1. The Morgan fingerprint density at radius 2 is 1.75 bits per heavy atom. The van der Waals surface area contributed by atoms with E-state index in [2.05, 4.69) is 20.0 Å². The third kappa shape index (κ3) is 5.67. The molecular formula is C25H19F6N3O2. The minimum absolute atomic E-state index is 0.151. The molecule has 0 aliphatic carbocycles. The first kappa shape index (κ1) is 25.2. The highest BCUT2D eigenvalue weighted by atomic mass is 19.4.